The Morgan fingerprint density at radius 2 is 2.00 bits per heavy atom. The Morgan fingerprint density at radius 1 is 1.29 bits per heavy atom. The molecule has 0 aromatic carbocycles. The van der Waals surface area contributed by atoms with Gasteiger partial charge in [-0.3, -0.25) is 4.68 Å². The lowest BCUT2D eigenvalue weighted by Crippen LogP contribution is -2.13. The van der Waals surface area contributed by atoms with Crippen LogP contribution in [-0.2, 0) is 0 Å². The van der Waals surface area contributed by atoms with Crippen LogP contribution in [0.2, 0.25) is 0 Å². The van der Waals surface area contributed by atoms with Crippen molar-refractivity contribution < 1.29 is 8.78 Å². The monoisotopic (exact) mass is 200 g/mol. The number of nitrogens with zero attached hydrogens (tertiary/aromatic N) is 2. The summed E-state index contributed by atoms with van der Waals surface area (Å²) in [5.74, 6) is 0. The summed E-state index contributed by atoms with van der Waals surface area (Å²) in [5, 5.41) is 3.90. The third kappa shape index (κ3) is 1.94. The van der Waals surface area contributed by atoms with E-state index in [2.05, 4.69) is 5.10 Å². The lowest BCUT2D eigenvalue weighted by Gasteiger charge is -2.21. The normalized spacial score (nSPS) is 19.1. The van der Waals surface area contributed by atoms with Gasteiger partial charge in [0.25, 0.3) is 6.43 Å². The van der Waals surface area contributed by atoms with Gasteiger partial charge in [0.05, 0.1) is 6.04 Å². The average molecular weight is 200 g/mol. The van der Waals surface area contributed by atoms with Crippen molar-refractivity contribution in [3.05, 3.63) is 18.0 Å². The fourth-order valence-electron chi connectivity index (χ4n) is 2.02. The molecule has 1 fully saturated rings. The largest absolute Gasteiger partial charge is 0.282 e. The van der Waals surface area contributed by atoms with E-state index in [4.69, 9.17) is 0 Å². The summed E-state index contributed by atoms with van der Waals surface area (Å²) in [6.45, 7) is 0. The molecule has 2 nitrogen and oxygen atoms in total. The summed E-state index contributed by atoms with van der Waals surface area (Å²) in [6.07, 6.45) is 5.02. The Bertz CT molecular complexity index is 290. The van der Waals surface area contributed by atoms with E-state index < -0.39 is 6.43 Å². The van der Waals surface area contributed by atoms with Crippen LogP contribution in [-0.4, -0.2) is 9.78 Å². The van der Waals surface area contributed by atoms with Crippen LogP contribution < -0.4 is 0 Å². The predicted octanol–water partition coefficient (Wildman–Crippen LogP) is 3.33. The van der Waals surface area contributed by atoms with E-state index in [0.29, 0.717) is 6.04 Å². The number of hydrogen-bond acceptors (Lipinski definition) is 1. The molecule has 1 heterocycles. The van der Waals surface area contributed by atoms with Gasteiger partial charge >= 0.3 is 0 Å². The van der Waals surface area contributed by atoms with Crippen LogP contribution in [0.15, 0.2) is 12.3 Å². The molecular weight excluding hydrogens is 186 g/mol. The highest BCUT2D eigenvalue weighted by Gasteiger charge is 2.18. The molecule has 0 saturated heterocycles. The molecule has 78 valence electrons. The first-order chi connectivity index (χ1) is 6.77. The van der Waals surface area contributed by atoms with Crippen LogP contribution in [0.3, 0.4) is 0 Å². The zero-order valence-corrected chi connectivity index (χ0v) is 8.00. The van der Waals surface area contributed by atoms with Gasteiger partial charge < -0.3 is 0 Å². The molecule has 1 aromatic rings. The maximum atomic E-state index is 12.3. The van der Waals surface area contributed by atoms with E-state index in [1.165, 1.54) is 25.3 Å². The van der Waals surface area contributed by atoms with Crippen molar-refractivity contribution in [2.24, 2.45) is 0 Å². The Hall–Kier alpha value is -0.930. The first kappa shape index (κ1) is 9.62. The number of hydrogen-bond donors (Lipinski definition) is 0. The summed E-state index contributed by atoms with van der Waals surface area (Å²) in [4.78, 5) is 0. The van der Waals surface area contributed by atoms with Crippen molar-refractivity contribution >= 4 is 0 Å². The molecule has 0 radical (unpaired) electrons. The lowest BCUT2D eigenvalue weighted by molar-refractivity contribution is 0.144. The van der Waals surface area contributed by atoms with Crippen molar-refractivity contribution in [2.45, 2.75) is 44.6 Å². The minimum atomic E-state index is -2.44. The molecule has 0 spiro atoms. The smallest absolute Gasteiger partial charge is 0.269 e. The molecule has 0 aliphatic heterocycles. The maximum absolute atomic E-state index is 12.3. The van der Waals surface area contributed by atoms with E-state index in [-0.39, 0.29) is 5.69 Å². The second kappa shape index (κ2) is 4.07. The van der Waals surface area contributed by atoms with Gasteiger partial charge in [-0.25, -0.2) is 8.78 Å². The number of halogens is 2. The minimum absolute atomic E-state index is 0.101. The van der Waals surface area contributed by atoms with Gasteiger partial charge in [-0.2, -0.15) is 5.10 Å². The van der Waals surface area contributed by atoms with Gasteiger partial charge in [0.1, 0.15) is 5.69 Å². The third-order valence-corrected chi connectivity index (χ3v) is 2.80. The van der Waals surface area contributed by atoms with Crippen LogP contribution in [0.5, 0.6) is 0 Å². The molecule has 4 heteroatoms. The highest BCUT2D eigenvalue weighted by molar-refractivity contribution is 5.01. The Balaban J connectivity index is 2.07. The highest BCUT2D eigenvalue weighted by Crippen LogP contribution is 2.28. The molecule has 1 aliphatic carbocycles. The van der Waals surface area contributed by atoms with Crippen LogP contribution in [0, 0.1) is 0 Å². The van der Waals surface area contributed by atoms with Crippen molar-refractivity contribution in [1.29, 1.82) is 0 Å². The van der Waals surface area contributed by atoms with Gasteiger partial charge in [-0.15, -0.1) is 0 Å². The Morgan fingerprint density at radius 3 is 2.57 bits per heavy atom. The van der Waals surface area contributed by atoms with E-state index in [0.717, 1.165) is 12.8 Å². The first-order valence-electron chi connectivity index (χ1n) is 5.10. The topological polar surface area (TPSA) is 17.8 Å². The standard InChI is InChI=1S/C10H14F2N2/c11-10(12)9-6-7-14(13-9)8-4-2-1-3-5-8/h6-8,10H,1-5H2. The van der Waals surface area contributed by atoms with E-state index in [1.807, 2.05) is 0 Å². The highest BCUT2D eigenvalue weighted by atomic mass is 19.3. The van der Waals surface area contributed by atoms with Gasteiger partial charge in [0, 0.05) is 6.20 Å². The molecule has 2 rings (SSSR count). The summed E-state index contributed by atoms with van der Waals surface area (Å²) in [5.41, 5.74) is -0.101. The van der Waals surface area contributed by atoms with Crippen LogP contribution in [0.25, 0.3) is 0 Å². The van der Waals surface area contributed by atoms with Gasteiger partial charge in [0.15, 0.2) is 0 Å². The minimum Gasteiger partial charge on any atom is -0.269 e. The first-order valence-corrected chi connectivity index (χ1v) is 5.10. The fraction of sp³-hybridized carbons (Fsp3) is 0.700. The molecule has 0 atom stereocenters. The van der Waals surface area contributed by atoms with Crippen molar-refractivity contribution in [3.63, 3.8) is 0 Å². The quantitative estimate of drug-likeness (QED) is 0.716. The predicted molar refractivity (Wildman–Crippen MR) is 49.3 cm³/mol. The van der Waals surface area contributed by atoms with Crippen LogP contribution in [0.4, 0.5) is 8.78 Å². The van der Waals surface area contributed by atoms with Crippen LogP contribution in [0.1, 0.15) is 50.3 Å². The molecule has 1 aromatic heterocycles. The van der Waals surface area contributed by atoms with Gasteiger partial charge in [-0.05, 0) is 18.9 Å². The zero-order valence-electron chi connectivity index (χ0n) is 8.00. The Kier molecular flexibility index (Phi) is 2.79. The molecule has 0 unspecified atom stereocenters. The summed E-state index contributed by atoms with van der Waals surface area (Å²) >= 11 is 0. The number of aromatic nitrogens is 2. The average Bonchev–Trinajstić information content (AvgIpc) is 2.68. The van der Waals surface area contributed by atoms with Crippen molar-refractivity contribution in [1.82, 2.24) is 9.78 Å². The number of rotatable bonds is 2. The number of alkyl halides is 2. The van der Waals surface area contributed by atoms with E-state index >= 15 is 0 Å². The van der Waals surface area contributed by atoms with Gasteiger partial charge in [0.2, 0.25) is 0 Å². The molecule has 14 heavy (non-hydrogen) atoms. The SMILES string of the molecule is FC(F)c1ccn(C2CCCCC2)n1. The molecule has 1 saturated carbocycles. The second-order valence-corrected chi connectivity index (χ2v) is 3.81. The van der Waals surface area contributed by atoms with Crippen molar-refractivity contribution in [3.8, 4) is 0 Å². The summed E-state index contributed by atoms with van der Waals surface area (Å²) in [6, 6.07) is 1.76. The van der Waals surface area contributed by atoms with E-state index in [1.54, 1.807) is 10.9 Å². The second-order valence-electron chi connectivity index (χ2n) is 3.81. The third-order valence-electron chi connectivity index (χ3n) is 2.80. The zero-order chi connectivity index (χ0) is 9.97. The summed E-state index contributed by atoms with van der Waals surface area (Å²) in [7, 11) is 0. The Labute approximate surface area is 81.9 Å². The molecular formula is C10H14F2N2. The van der Waals surface area contributed by atoms with Gasteiger partial charge in [-0.1, -0.05) is 19.3 Å². The lowest BCUT2D eigenvalue weighted by atomic mass is 9.96. The fourth-order valence-corrected chi connectivity index (χ4v) is 2.02. The summed E-state index contributed by atoms with van der Waals surface area (Å²) < 4.78 is 26.3. The molecule has 0 amide bonds. The van der Waals surface area contributed by atoms with E-state index in [9.17, 15) is 8.78 Å². The maximum Gasteiger partial charge on any atom is 0.282 e. The van der Waals surface area contributed by atoms with Crippen molar-refractivity contribution in [2.75, 3.05) is 0 Å². The molecule has 1 aliphatic rings. The molecule has 0 N–H and O–H groups in total. The van der Waals surface area contributed by atoms with Crippen LogP contribution >= 0.6 is 0 Å². The molecule has 0 bridgehead atoms.